The summed E-state index contributed by atoms with van der Waals surface area (Å²) >= 11 is 0. The molecule has 0 saturated carbocycles. The Bertz CT molecular complexity index is 867. The second-order valence-electron chi connectivity index (χ2n) is 9.80. The van der Waals surface area contributed by atoms with Crippen molar-refractivity contribution in [2.24, 2.45) is 0 Å². The molecule has 33 heavy (non-hydrogen) atoms. The minimum Gasteiger partial charge on any atom is -0.444 e. The van der Waals surface area contributed by atoms with E-state index in [4.69, 9.17) is 9.47 Å². The highest BCUT2D eigenvalue weighted by Gasteiger charge is 2.38. The number of hydrogen-bond acceptors (Lipinski definition) is 7. The predicted molar refractivity (Wildman–Crippen MR) is 120 cm³/mol. The van der Waals surface area contributed by atoms with E-state index >= 15 is 0 Å². The summed E-state index contributed by atoms with van der Waals surface area (Å²) in [6.07, 6.45) is -2.62. The van der Waals surface area contributed by atoms with Gasteiger partial charge in [0.2, 0.25) is 0 Å². The molecule has 2 atom stereocenters. The lowest BCUT2D eigenvalue weighted by Gasteiger charge is -2.29. The summed E-state index contributed by atoms with van der Waals surface area (Å²) in [6, 6.07) is 5.38. The molecule has 1 aromatic carbocycles. The van der Waals surface area contributed by atoms with Gasteiger partial charge in [-0.15, -0.1) is 0 Å². The van der Waals surface area contributed by atoms with Crippen LogP contribution in [0.4, 0.5) is 9.59 Å². The Balaban J connectivity index is 2.08. The number of hydrogen-bond donors (Lipinski definition) is 3. The minimum absolute atomic E-state index is 0.0306. The van der Waals surface area contributed by atoms with Crippen molar-refractivity contribution in [2.45, 2.75) is 71.3 Å². The van der Waals surface area contributed by atoms with E-state index in [9.17, 15) is 24.3 Å². The highest BCUT2D eigenvalue weighted by molar-refractivity contribution is 6.21. The molecule has 182 valence electrons. The molecule has 1 aromatic rings. The summed E-state index contributed by atoms with van der Waals surface area (Å²) in [6.45, 7) is 10.0. The molecule has 0 aliphatic carbocycles. The molecular formula is C23H33N3O7. The monoisotopic (exact) mass is 463 g/mol. The van der Waals surface area contributed by atoms with Gasteiger partial charge in [-0.1, -0.05) is 12.1 Å². The first-order valence-electron chi connectivity index (χ1n) is 10.8. The number of alkyl carbamates (subject to hydrolysis) is 2. The second kappa shape index (κ2) is 10.2. The smallest absolute Gasteiger partial charge is 0.408 e. The third kappa shape index (κ3) is 7.74. The first-order valence-corrected chi connectivity index (χ1v) is 10.8. The summed E-state index contributed by atoms with van der Waals surface area (Å²) in [5.41, 5.74) is -0.929. The molecule has 1 heterocycles. The van der Waals surface area contributed by atoms with Crippen molar-refractivity contribution < 1.29 is 33.8 Å². The van der Waals surface area contributed by atoms with Gasteiger partial charge in [-0.3, -0.25) is 14.5 Å². The summed E-state index contributed by atoms with van der Waals surface area (Å²) in [5.74, 6) is -1.02. The molecule has 1 aliphatic heterocycles. The third-order valence-corrected chi connectivity index (χ3v) is 4.53. The van der Waals surface area contributed by atoms with Crippen LogP contribution in [0.5, 0.6) is 0 Å². The maximum atomic E-state index is 12.7. The number of imide groups is 1. The first kappa shape index (κ1) is 26.1. The zero-order valence-electron chi connectivity index (χ0n) is 19.9. The van der Waals surface area contributed by atoms with Gasteiger partial charge in [0.1, 0.15) is 11.2 Å². The fourth-order valence-electron chi connectivity index (χ4n) is 3.16. The molecule has 10 heteroatoms. The Morgan fingerprint density at radius 2 is 1.42 bits per heavy atom. The molecule has 3 N–H and O–H groups in total. The number of nitrogens with zero attached hydrogens (tertiary/aromatic N) is 1. The molecule has 0 radical (unpaired) electrons. The molecule has 0 aromatic heterocycles. The van der Waals surface area contributed by atoms with Crippen LogP contribution in [0.15, 0.2) is 24.3 Å². The molecule has 1 aliphatic rings. The average molecular weight is 464 g/mol. The normalized spacial score (nSPS) is 15.5. The van der Waals surface area contributed by atoms with E-state index in [-0.39, 0.29) is 30.6 Å². The molecule has 10 nitrogen and oxygen atoms in total. The number of benzene rings is 1. The van der Waals surface area contributed by atoms with Crippen LogP contribution in [0.1, 0.15) is 68.7 Å². The standard InChI is InChI=1S/C23H33N3O7/c1-22(2,3)32-20(30)24-12-11-17(27)16(25-21(31)33-23(4,5)6)13-26-18(28)14-9-7-8-10-15(14)19(26)29/h7-10,16-17,27H,11-13H2,1-6H3,(H,24,30)(H,25,31)/t16-,17?/m0/s1. The number of aliphatic hydroxyl groups excluding tert-OH is 1. The number of amides is 4. The highest BCUT2D eigenvalue weighted by Crippen LogP contribution is 2.23. The molecular weight excluding hydrogens is 430 g/mol. The van der Waals surface area contributed by atoms with Crippen molar-refractivity contribution in [2.75, 3.05) is 13.1 Å². The van der Waals surface area contributed by atoms with Gasteiger partial charge in [-0.25, -0.2) is 9.59 Å². The molecule has 0 saturated heterocycles. The van der Waals surface area contributed by atoms with Gasteiger partial charge in [-0.2, -0.15) is 0 Å². The number of carbonyl (C=O) groups excluding carboxylic acids is 4. The van der Waals surface area contributed by atoms with E-state index in [1.54, 1.807) is 65.8 Å². The van der Waals surface area contributed by atoms with Crippen molar-refractivity contribution >= 4 is 24.0 Å². The quantitative estimate of drug-likeness (QED) is 0.529. The van der Waals surface area contributed by atoms with Crippen LogP contribution in [0.3, 0.4) is 0 Å². The molecule has 2 rings (SSSR count). The maximum Gasteiger partial charge on any atom is 0.408 e. The fourth-order valence-corrected chi connectivity index (χ4v) is 3.16. The minimum atomic E-state index is -1.20. The van der Waals surface area contributed by atoms with Gasteiger partial charge in [0.15, 0.2) is 0 Å². The number of aliphatic hydroxyl groups is 1. The number of nitrogens with one attached hydrogen (secondary N) is 2. The Labute approximate surface area is 193 Å². The SMILES string of the molecule is CC(C)(C)OC(=O)NCCC(O)[C@H](CN1C(=O)c2ccccc2C1=O)NC(=O)OC(C)(C)C. The van der Waals surface area contributed by atoms with Crippen LogP contribution in [0, 0.1) is 0 Å². The molecule has 0 spiro atoms. The van der Waals surface area contributed by atoms with E-state index in [1.165, 1.54) is 0 Å². The van der Waals surface area contributed by atoms with Crippen molar-refractivity contribution in [3.63, 3.8) is 0 Å². The molecule has 1 unspecified atom stereocenters. The van der Waals surface area contributed by atoms with Gasteiger partial charge >= 0.3 is 12.2 Å². The summed E-state index contributed by atoms with van der Waals surface area (Å²) in [4.78, 5) is 50.6. The van der Waals surface area contributed by atoms with Gasteiger partial charge in [0.25, 0.3) is 11.8 Å². The van der Waals surface area contributed by atoms with E-state index in [2.05, 4.69) is 10.6 Å². The Morgan fingerprint density at radius 1 is 0.939 bits per heavy atom. The van der Waals surface area contributed by atoms with Gasteiger partial charge in [0, 0.05) is 6.54 Å². The van der Waals surface area contributed by atoms with E-state index in [0.29, 0.717) is 0 Å². The van der Waals surface area contributed by atoms with Crippen LogP contribution in [0.25, 0.3) is 0 Å². The Kier molecular flexibility index (Phi) is 8.07. The lowest BCUT2D eigenvalue weighted by Crippen LogP contribution is -2.53. The largest absolute Gasteiger partial charge is 0.444 e. The fraction of sp³-hybridized carbons (Fsp3) is 0.565. The van der Waals surface area contributed by atoms with E-state index in [1.807, 2.05) is 0 Å². The highest BCUT2D eigenvalue weighted by atomic mass is 16.6. The topological polar surface area (TPSA) is 134 Å². The number of fused-ring (bicyclic) bond motifs is 1. The predicted octanol–water partition coefficient (Wildman–Crippen LogP) is 2.45. The second-order valence-corrected chi connectivity index (χ2v) is 9.80. The van der Waals surface area contributed by atoms with Gasteiger partial charge < -0.3 is 25.2 Å². The number of rotatable bonds is 7. The van der Waals surface area contributed by atoms with Crippen molar-refractivity contribution in [1.29, 1.82) is 0 Å². The summed E-state index contributed by atoms with van der Waals surface area (Å²) < 4.78 is 10.4. The van der Waals surface area contributed by atoms with Crippen molar-refractivity contribution in [1.82, 2.24) is 15.5 Å². The Hall–Kier alpha value is -3.14. The molecule has 0 fully saturated rings. The summed E-state index contributed by atoms with van der Waals surface area (Å²) in [5, 5.41) is 15.8. The van der Waals surface area contributed by atoms with E-state index < -0.39 is 47.3 Å². The van der Waals surface area contributed by atoms with Crippen LogP contribution < -0.4 is 10.6 Å². The molecule has 4 amide bonds. The zero-order valence-corrected chi connectivity index (χ0v) is 19.9. The van der Waals surface area contributed by atoms with Crippen molar-refractivity contribution in [3.8, 4) is 0 Å². The Morgan fingerprint density at radius 3 is 1.91 bits per heavy atom. The lowest BCUT2D eigenvalue weighted by atomic mass is 10.1. The average Bonchev–Trinajstić information content (AvgIpc) is 2.89. The van der Waals surface area contributed by atoms with Crippen molar-refractivity contribution in [3.05, 3.63) is 35.4 Å². The zero-order chi connectivity index (χ0) is 25.0. The number of ether oxygens (including phenoxy) is 2. The van der Waals surface area contributed by atoms with Crippen LogP contribution >= 0.6 is 0 Å². The van der Waals surface area contributed by atoms with Gasteiger partial charge in [0.05, 0.1) is 29.8 Å². The van der Waals surface area contributed by atoms with Crippen LogP contribution in [-0.2, 0) is 9.47 Å². The third-order valence-electron chi connectivity index (χ3n) is 4.53. The van der Waals surface area contributed by atoms with Crippen LogP contribution in [-0.4, -0.2) is 70.4 Å². The maximum absolute atomic E-state index is 12.7. The lowest BCUT2D eigenvalue weighted by molar-refractivity contribution is 0.0336. The first-order chi connectivity index (χ1) is 15.2. The summed E-state index contributed by atoms with van der Waals surface area (Å²) in [7, 11) is 0. The van der Waals surface area contributed by atoms with E-state index in [0.717, 1.165) is 4.90 Å². The van der Waals surface area contributed by atoms with Gasteiger partial charge in [-0.05, 0) is 60.1 Å². The number of carbonyl (C=O) groups is 4. The molecule has 0 bridgehead atoms. The van der Waals surface area contributed by atoms with Crippen LogP contribution in [0.2, 0.25) is 0 Å².